The molecule has 0 aliphatic rings. The summed E-state index contributed by atoms with van der Waals surface area (Å²) < 4.78 is 2.03. The van der Waals surface area contributed by atoms with Gasteiger partial charge in [-0.15, -0.1) is 0 Å². The molecule has 0 fully saturated rings. The Labute approximate surface area is 91.3 Å². The Morgan fingerprint density at radius 2 is 2.27 bits per heavy atom. The Kier molecular flexibility index (Phi) is 4.29. The average Bonchev–Trinajstić information content (AvgIpc) is 2.51. The summed E-state index contributed by atoms with van der Waals surface area (Å²) in [4.78, 5) is 4.25. The number of aryl methyl sites for hydroxylation is 1. The fourth-order valence-corrected chi connectivity index (χ4v) is 1.52. The van der Waals surface area contributed by atoms with Crippen LogP contribution in [-0.4, -0.2) is 33.3 Å². The van der Waals surface area contributed by atoms with E-state index in [1.165, 1.54) is 0 Å². The minimum atomic E-state index is -0.0000850. The van der Waals surface area contributed by atoms with Crippen LogP contribution >= 0.6 is 0 Å². The zero-order valence-corrected chi connectivity index (χ0v) is 9.82. The van der Waals surface area contributed by atoms with Gasteiger partial charge in [0.1, 0.15) is 5.82 Å². The van der Waals surface area contributed by atoms with E-state index in [4.69, 9.17) is 5.11 Å². The molecule has 0 spiro atoms. The van der Waals surface area contributed by atoms with Crippen LogP contribution in [0.2, 0.25) is 0 Å². The lowest BCUT2D eigenvalue weighted by Crippen LogP contribution is -2.41. The van der Waals surface area contributed by atoms with Crippen molar-refractivity contribution in [2.45, 2.75) is 32.2 Å². The third kappa shape index (κ3) is 4.01. The Bertz CT molecular complexity index is 294. The molecule has 0 atom stereocenters. The molecule has 0 aliphatic heterocycles. The minimum absolute atomic E-state index is 0.0000850. The lowest BCUT2D eigenvalue weighted by atomic mass is 10.0. The topological polar surface area (TPSA) is 50.1 Å². The van der Waals surface area contributed by atoms with Crippen molar-refractivity contribution in [1.82, 2.24) is 14.9 Å². The van der Waals surface area contributed by atoms with Crippen LogP contribution in [0.15, 0.2) is 12.4 Å². The highest BCUT2D eigenvalue weighted by molar-refractivity contribution is 4.92. The third-order valence-corrected chi connectivity index (χ3v) is 2.61. The molecule has 4 nitrogen and oxygen atoms in total. The quantitative estimate of drug-likeness (QED) is 0.728. The van der Waals surface area contributed by atoms with Crippen LogP contribution in [0.1, 0.15) is 26.1 Å². The molecular formula is C11H21N3O. The maximum atomic E-state index is 8.87. The largest absolute Gasteiger partial charge is 0.396 e. The molecule has 0 radical (unpaired) electrons. The van der Waals surface area contributed by atoms with Crippen LogP contribution in [-0.2, 0) is 13.5 Å². The van der Waals surface area contributed by atoms with Gasteiger partial charge in [0.15, 0.2) is 0 Å². The first-order chi connectivity index (χ1) is 7.05. The number of hydrogen-bond donors (Lipinski definition) is 2. The molecule has 15 heavy (non-hydrogen) atoms. The lowest BCUT2D eigenvalue weighted by molar-refractivity contribution is 0.231. The standard InChI is InChI=1S/C11H21N3O/c1-11(2,5-9-15)13-6-4-10-12-7-8-14(10)3/h7-8,13,15H,4-6,9H2,1-3H3. The molecule has 4 heteroatoms. The molecular weight excluding hydrogens is 190 g/mol. The van der Waals surface area contributed by atoms with Gasteiger partial charge in [0.2, 0.25) is 0 Å². The van der Waals surface area contributed by atoms with Crippen LogP contribution in [0, 0.1) is 0 Å². The summed E-state index contributed by atoms with van der Waals surface area (Å²) in [5.41, 5.74) is -0.0000850. The minimum Gasteiger partial charge on any atom is -0.396 e. The van der Waals surface area contributed by atoms with Gasteiger partial charge in [-0.05, 0) is 20.3 Å². The molecule has 1 aromatic heterocycles. The molecule has 0 aliphatic carbocycles. The second-order valence-corrected chi connectivity index (χ2v) is 4.49. The number of rotatable bonds is 6. The van der Waals surface area contributed by atoms with Crippen LogP contribution in [0.3, 0.4) is 0 Å². The van der Waals surface area contributed by atoms with E-state index in [2.05, 4.69) is 24.1 Å². The molecule has 2 N–H and O–H groups in total. The van der Waals surface area contributed by atoms with Gasteiger partial charge in [-0.25, -0.2) is 4.98 Å². The second kappa shape index (κ2) is 5.28. The van der Waals surface area contributed by atoms with Gasteiger partial charge in [0.25, 0.3) is 0 Å². The van der Waals surface area contributed by atoms with E-state index in [1.807, 2.05) is 24.0 Å². The normalized spacial score (nSPS) is 12.0. The molecule has 0 bridgehead atoms. The SMILES string of the molecule is Cn1ccnc1CCNC(C)(C)CCO. The van der Waals surface area contributed by atoms with Gasteiger partial charge in [-0.2, -0.15) is 0 Å². The summed E-state index contributed by atoms with van der Waals surface area (Å²) in [6, 6.07) is 0. The van der Waals surface area contributed by atoms with E-state index in [9.17, 15) is 0 Å². The van der Waals surface area contributed by atoms with E-state index in [-0.39, 0.29) is 12.1 Å². The maximum absolute atomic E-state index is 8.87. The van der Waals surface area contributed by atoms with Crippen molar-refractivity contribution in [3.63, 3.8) is 0 Å². The number of aliphatic hydroxyl groups is 1. The predicted octanol–water partition coefficient (Wildman–Crippen LogP) is 0.713. The number of nitrogens with zero attached hydrogens (tertiary/aromatic N) is 2. The highest BCUT2D eigenvalue weighted by atomic mass is 16.3. The van der Waals surface area contributed by atoms with E-state index < -0.39 is 0 Å². The summed E-state index contributed by atoms with van der Waals surface area (Å²) in [5.74, 6) is 1.09. The summed E-state index contributed by atoms with van der Waals surface area (Å²) >= 11 is 0. The highest BCUT2D eigenvalue weighted by Gasteiger charge is 2.15. The van der Waals surface area contributed by atoms with Gasteiger partial charge in [0, 0.05) is 44.6 Å². The van der Waals surface area contributed by atoms with Crippen LogP contribution < -0.4 is 5.32 Å². The molecule has 0 saturated carbocycles. The van der Waals surface area contributed by atoms with Gasteiger partial charge in [0.05, 0.1) is 0 Å². The first-order valence-electron chi connectivity index (χ1n) is 5.37. The second-order valence-electron chi connectivity index (χ2n) is 4.49. The number of aliphatic hydroxyl groups excluding tert-OH is 1. The molecule has 1 aromatic rings. The molecule has 0 unspecified atom stereocenters. The van der Waals surface area contributed by atoms with Crippen LogP contribution in [0.5, 0.6) is 0 Å². The van der Waals surface area contributed by atoms with Crippen molar-refractivity contribution >= 4 is 0 Å². The van der Waals surface area contributed by atoms with Crippen molar-refractivity contribution in [1.29, 1.82) is 0 Å². The maximum Gasteiger partial charge on any atom is 0.109 e. The molecule has 1 rings (SSSR count). The zero-order chi connectivity index (χ0) is 11.3. The first-order valence-corrected chi connectivity index (χ1v) is 5.37. The predicted molar refractivity (Wildman–Crippen MR) is 60.7 cm³/mol. The van der Waals surface area contributed by atoms with E-state index in [0.717, 1.165) is 25.2 Å². The van der Waals surface area contributed by atoms with Crippen LogP contribution in [0.25, 0.3) is 0 Å². The van der Waals surface area contributed by atoms with Crippen molar-refractivity contribution in [3.8, 4) is 0 Å². The van der Waals surface area contributed by atoms with Crippen LogP contribution in [0.4, 0.5) is 0 Å². The van der Waals surface area contributed by atoms with Crippen molar-refractivity contribution in [3.05, 3.63) is 18.2 Å². The molecule has 0 amide bonds. The number of aromatic nitrogens is 2. The Hall–Kier alpha value is -0.870. The van der Waals surface area contributed by atoms with Gasteiger partial charge in [-0.3, -0.25) is 0 Å². The molecule has 86 valence electrons. The monoisotopic (exact) mass is 211 g/mol. The van der Waals surface area contributed by atoms with E-state index in [0.29, 0.717) is 0 Å². The number of nitrogens with one attached hydrogen (secondary N) is 1. The molecule has 0 saturated heterocycles. The summed E-state index contributed by atoms with van der Waals surface area (Å²) in [7, 11) is 2.00. The number of hydrogen-bond acceptors (Lipinski definition) is 3. The molecule has 1 heterocycles. The third-order valence-electron chi connectivity index (χ3n) is 2.61. The number of imidazole rings is 1. The first kappa shape index (κ1) is 12.2. The van der Waals surface area contributed by atoms with E-state index in [1.54, 1.807) is 0 Å². The van der Waals surface area contributed by atoms with Crippen molar-refractivity contribution < 1.29 is 5.11 Å². The summed E-state index contributed by atoms with van der Waals surface area (Å²) in [5, 5.41) is 12.3. The smallest absolute Gasteiger partial charge is 0.109 e. The Morgan fingerprint density at radius 3 is 2.80 bits per heavy atom. The van der Waals surface area contributed by atoms with Gasteiger partial charge >= 0.3 is 0 Å². The van der Waals surface area contributed by atoms with Crippen molar-refractivity contribution in [2.75, 3.05) is 13.2 Å². The van der Waals surface area contributed by atoms with Gasteiger partial charge < -0.3 is 15.0 Å². The lowest BCUT2D eigenvalue weighted by Gasteiger charge is -2.25. The molecule has 0 aromatic carbocycles. The van der Waals surface area contributed by atoms with E-state index >= 15 is 0 Å². The highest BCUT2D eigenvalue weighted by Crippen LogP contribution is 2.07. The fourth-order valence-electron chi connectivity index (χ4n) is 1.52. The zero-order valence-electron chi connectivity index (χ0n) is 9.82. The van der Waals surface area contributed by atoms with Crippen molar-refractivity contribution in [2.24, 2.45) is 7.05 Å². The fraction of sp³-hybridized carbons (Fsp3) is 0.727. The summed E-state index contributed by atoms with van der Waals surface area (Å²) in [6.07, 6.45) is 5.45. The Balaban J connectivity index is 2.30. The summed E-state index contributed by atoms with van der Waals surface area (Å²) in [6.45, 7) is 5.31. The Morgan fingerprint density at radius 1 is 1.53 bits per heavy atom. The van der Waals surface area contributed by atoms with Gasteiger partial charge in [-0.1, -0.05) is 0 Å². The average molecular weight is 211 g/mol.